The number of ether oxygens (including phenoxy) is 1. The monoisotopic (exact) mass is 381 g/mol. The molecular formula is C22H25N2O4+. The fraction of sp³-hybridized carbons (Fsp3) is 0.273. The van der Waals surface area contributed by atoms with Gasteiger partial charge in [-0.3, -0.25) is 4.79 Å². The predicted octanol–water partition coefficient (Wildman–Crippen LogP) is 2.02. The molecule has 3 rings (SSSR count). The van der Waals surface area contributed by atoms with Gasteiger partial charge in [-0.25, -0.2) is 4.79 Å². The van der Waals surface area contributed by atoms with E-state index in [1.807, 2.05) is 25.2 Å². The maximum atomic E-state index is 12.3. The molecule has 0 aliphatic heterocycles. The molecule has 0 saturated heterocycles. The van der Waals surface area contributed by atoms with Crippen molar-refractivity contribution >= 4 is 22.6 Å². The number of hydrogen-bond donors (Lipinski definition) is 2. The molecule has 1 heterocycles. The second-order valence-corrected chi connectivity index (χ2v) is 6.86. The quantitative estimate of drug-likeness (QED) is 0.614. The van der Waals surface area contributed by atoms with Gasteiger partial charge in [-0.05, 0) is 42.3 Å². The van der Waals surface area contributed by atoms with Crippen molar-refractivity contribution in [2.75, 3.05) is 26.0 Å². The SMILES string of the molecule is CCc1ccc2c(C[NH+](C)CC(=O)Nc3ccc(OC)cc3)cc(=O)oc2c1. The van der Waals surface area contributed by atoms with Gasteiger partial charge in [0.25, 0.3) is 5.91 Å². The van der Waals surface area contributed by atoms with Crippen LogP contribution in [0.1, 0.15) is 18.1 Å². The van der Waals surface area contributed by atoms with E-state index >= 15 is 0 Å². The second-order valence-electron chi connectivity index (χ2n) is 6.86. The molecule has 3 aromatic rings. The van der Waals surface area contributed by atoms with E-state index in [0.29, 0.717) is 12.1 Å². The van der Waals surface area contributed by atoms with Crippen molar-refractivity contribution in [3.05, 3.63) is 70.1 Å². The Bertz CT molecular complexity index is 1020. The Morgan fingerprint density at radius 1 is 1.14 bits per heavy atom. The van der Waals surface area contributed by atoms with Crippen LogP contribution in [0.4, 0.5) is 5.69 Å². The molecule has 28 heavy (non-hydrogen) atoms. The molecule has 0 aliphatic carbocycles. The van der Waals surface area contributed by atoms with Crippen LogP contribution in [-0.4, -0.2) is 26.6 Å². The van der Waals surface area contributed by atoms with Crippen LogP contribution in [0.5, 0.6) is 5.75 Å². The Hall–Kier alpha value is -3.12. The maximum Gasteiger partial charge on any atom is 0.336 e. The van der Waals surface area contributed by atoms with Crippen molar-refractivity contribution in [3.63, 3.8) is 0 Å². The molecule has 0 spiro atoms. The topological polar surface area (TPSA) is 73.0 Å². The normalized spacial score (nSPS) is 12.0. The van der Waals surface area contributed by atoms with E-state index in [1.165, 1.54) is 6.07 Å². The number of carbonyl (C=O) groups excluding carboxylic acids is 1. The van der Waals surface area contributed by atoms with Gasteiger partial charge in [-0.2, -0.15) is 0 Å². The number of carbonyl (C=O) groups is 1. The number of fused-ring (bicyclic) bond motifs is 1. The van der Waals surface area contributed by atoms with Gasteiger partial charge in [0.1, 0.15) is 17.9 Å². The van der Waals surface area contributed by atoms with Gasteiger partial charge in [0.15, 0.2) is 6.54 Å². The Morgan fingerprint density at radius 3 is 2.57 bits per heavy atom. The minimum absolute atomic E-state index is 0.0943. The lowest BCUT2D eigenvalue weighted by molar-refractivity contribution is -0.885. The number of nitrogens with one attached hydrogen (secondary N) is 2. The highest BCUT2D eigenvalue weighted by Crippen LogP contribution is 2.18. The molecule has 1 amide bonds. The first-order chi connectivity index (χ1) is 13.5. The third-order valence-corrected chi connectivity index (χ3v) is 4.63. The zero-order valence-corrected chi connectivity index (χ0v) is 16.4. The number of hydrogen-bond acceptors (Lipinski definition) is 4. The molecule has 6 nitrogen and oxygen atoms in total. The van der Waals surface area contributed by atoms with Crippen molar-refractivity contribution in [1.82, 2.24) is 0 Å². The Balaban J connectivity index is 1.69. The number of quaternary nitrogens is 1. The summed E-state index contributed by atoms with van der Waals surface area (Å²) in [6.45, 7) is 2.88. The van der Waals surface area contributed by atoms with Gasteiger partial charge in [-0.15, -0.1) is 0 Å². The lowest BCUT2D eigenvalue weighted by atomic mass is 10.1. The van der Waals surface area contributed by atoms with Crippen molar-refractivity contribution in [2.24, 2.45) is 0 Å². The van der Waals surface area contributed by atoms with Crippen molar-refractivity contribution in [3.8, 4) is 5.75 Å². The van der Waals surface area contributed by atoms with Crippen molar-refractivity contribution < 1.29 is 18.8 Å². The highest BCUT2D eigenvalue weighted by atomic mass is 16.5. The highest BCUT2D eigenvalue weighted by Gasteiger charge is 2.14. The zero-order valence-electron chi connectivity index (χ0n) is 16.4. The van der Waals surface area contributed by atoms with Gasteiger partial charge in [-0.1, -0.05) is 19.1 Å². The largest absolute Gasteiger partial charge is 0.497 e. The minimum Gasteiger partial charge on any atom is -0.497 e. The van der Waals surface area contributed by atoms with E-state index in [1.54, 1.807) is 31.4 Å². The summed E-state index contributed by atoms with van der Waals surface area (Å²) in [6, 6.07) is 14.6. The Kier molecular flexibility index (Phi) is 6.11. The summed E-state index contributed by atoms with van der Waals surface area (Å²) < 4.78 is 10.5. The van der Waals surface area contributed by atoms with Crippen LogP contribution in [0.15, 0.2) is 57.7 Å². The summed E-state index contributed by atoms with van der Waals surface area (Å²) in [4.78, 5) is 25.2. The average molecular weight is 381 g/mol. The summed E-state index contributed by atoms with van der Waals surface area (Å²) >= 11 is 0. The van der Waals surface area contributed by atoms with E-state index in [4.69, 9.17) is 9.15 Å². The number of aryl methyl sites for hydroxylation is 1. The first kappa shape index (κ1) is 19.6. The number of benzene rings is 2. The molecule has 0 saturated carbocycles. The number of rotatable bonds is 7. The fourth-order valence-corrected chi connectivity index (χ4v) is 3.18. The lowest BCUT2D eigenvalue weighted by Gasteiger charge is -2.15. The summed E-state index contributed by atoms with van der Waals surface area (Å²) in [6.07, 6.45) is 0.876. The highest BCUT2D eigenvalue weighted by molar-refractivity contribution is 5.91. The minimum atomic E-state index is -0.369. The number of methoxy groups -OCH3 is 1. The van der Waals surface area contributed by atoms with Crippen molar-refractivity contribution in [1.29, 1.82) is 0 Å². The maximum absolute atomic E-state index is 12.3. The van der Waals surface area contributed by atoms with Crippen LogP contribution in [0.25, 0.3) is 11.0 Å². The summed E-state index contributed by atoms with van der Waals surface area (Å²) in [5.41, 5.74) is 2.94. The van der Waals surface area contributed by atoms with E-state index < -0.39 is 0 Å². The van der Waals surface area contributed by atoms with E-state index in [2.05, 4.69) is 12.2 Å². The van der Waals surface area contributed by atoms with Gasteiger partial charge in [0.2, 0.25) is 0 Å². The van der Waals surface area contributed by atoms with Gasteiger partial charge < -0.3 is 19.4 Å². The number of anilines is 1. The Morgan fingerprint density at radius 2 is 1.89 bits per heavy atom. The van der Waals surface area contributed by atoms with E-state index in [9.17, 15) is 9.59 Å². The molecule has 2 N–H and O–H groups in total. The van der Waals surface area contributed by atoms with E-state index in [-0.39, 0.29) is 18.1 Å². The number of amides is 1. The first-order valence-corrected chi connectivity index (χ1v) is 9.29. The molecule has 2 aromatic carbocycles. The molecule has 1 unspecified atom stereocenters. The molecule has 0 bridgehead atoms. The lowest BCUT2D eigenvalue weighted by Crippen LogP contribution is -3.08. The smallest absolute Gasteiger partial charge is 0.336 e. The van der Waals surface area contributed by atoms with Crippen LogP contribution < -0.4 is 20.6 Å². The molecule has 0 aliphatic rings. The van der Waals surface area contributed by atoms with Crippen LogP contribution >= 0.6 is 0 Å². The first-order valence-electron chi connectivity index (χ1n) is 9.29. The predicted molar refractivity (Wildman–Crippen MR) is 109 cm³/mol. The van der Waals surface area contributed by atoms with Gasteiger partial charge >= 0.3 is 5.63 Å². The molecule has 0 radical (unpaired) electrons. The van der Waals surface area contributed by atoms with E-state index in [0.717, 1.165) is 39.3 Å². The van der Waals surface area contributed by atoms with Crippen LogP contribution in [0, 0.1) is 0 Å². The molecular weight excluding hydrogens is 356 g/mol. The van der Waals surface area contributed by atoms with Gasteiger partial charge in [0, 0.05) is 22.7 Å². The van der Waals surface area contributed by atoms with Crippen LogP contribution in [-0.2, 0) is 17.8 Å². The average Bonchev–Trinajstić information content (AvgIpc) is 2.67. The molecule has 6 heteroatoms. The molecule has 0 fully saturated rings. The van der Waals surface area contributed by atoms with Crippen LogP contribution in [0.2, 0.25) is 0 Å². The second kappa shape index (κ2) is 8.71. The molecule has 146 valence electrons. The third kappa shape index (κ3) is 4.78. The van der Waals surface area contributed by atoms with Crippen molar-refractivity contribution in [2.45, 2.75) is 19.9 Å². The third-order valence-electron chi connectivity index (χ3n) is 4.63. The fourth-order valence-electron chi connectivity index (χ4n) is 3.18. The number of likely N-dealkylation sites (N-methyl/N-ethyl adjacent to an activating group) is 1. The summed E-state index contributed by atoms with van der Waals surface area (Å²) in [7, 11) is 3.53. The standard InChI is InChI=1S/C22H24N2O4/c1-4-15-5-10-19-16(12-22(26)28-20(19)11-15)13-24(2)14-21(25)23-17-6-8-18(27-3)9-7-17/h5-12H,4,13-14H2,1-3H3,(H,23,25)/p+1. The van der Waals surface area contributed by atoms with Gasteiger partial charge in [0.05, 0.1) is 14.2 Å². The molecule has 1 aromatic heterocycles. The van der Waals surface area contributed by atoms with Crippen LogP contribution in [0.3, 0.4) is 0 Å². The summed E-state index contributed by atoms with van der Waals surface area (Å²) in [5, 5.41) is 3.79. The zero-order chi connectivity index (χ0) is 20.1. The summed E-state index contributed by atoms with van der Waals surface area (Å²) in [5.74, 6) is 0.643. The Labute approximate surface area is 163 Å². The molecule has 1 atom stereocenters.